The quantitative estimate of drug-likeness (QED) is 0.483. The SMILES string of the molecule is Cc1cccc(-n2cc(-c3ccc4ncnn4c3)nc2CNc2ccccc2F)n1. The lowest BCUT2D eigenvalue weighted by atomic mass is 10.2. The van der Waals surface area contributed by atoms with Crippen LogP contribution in [0.3, 0.4) is 0 Å². The molecule has 0 radical (unpaired) electrons. The number of anilines is 1. The van der Waals surface area contributed by atoms with E-state index in [1.807, 2.05) is 54.2 Å². The number of halogens is 1. The number of pyridine rings is 2. The van der Waals surface area contributed by atoms with E-state index < -0.39 is 0 Å². The van der Waals surface area contributed by atoms with Crippen molar-refractivity contribution in [3.05, 3.63) is 90.7 Å². The molecule has 0 aliphatic carbocycles. The van der Waals surface area contributed by atoms with Gasteiger partial charge in [-0.3, -0.25) is 4.57 Å². The summed E-state index contributed by atoms with van der Waals surface area (Å²) >= 11 is 0. The monoisotopic (exact) mass is 399 g/mol. The normalized spacial score (nSPS) is 11.1. The molecule has 0 saturated carbocycles. The van der Waals surface area contributed by atoms with E-state index in [0.717, 1.165) is 28.4 Å². The van der Waals surface area contributed by atoms with Crippen molar-refractivity contribution in [2.24, 2.45) is 0 Å². The van der Waals surface area contributed by atoms with E-state index in [9.17, 15) is 4.39 Å². The number of nitrogens with one attached hydrogen (secondary N) is 1. The number of nitrogens with zero attached hydrogens (tertiary/aromatic N) is 6. The molecule has 0 atom stereocenters. The lowest BCUT2D eigenvalue weighted by Crippen LogP contribution is -2.09. The molecule has 0 amide bonds. The maximum Gasteiger partial charge on any atom is 0.155 e. The van der Waals surface area contributed by atoms with Crippen LogP contribution in [-0.2, 0) is 6.54 Å². The molecule has 4 aromatic heterocycles. The van der Waals surface area contributed by atoms with Crippen LogP contribution >= 0.6 is 0 Å². The molecule has 0 spiro atoms. The Hall–Kier alpha value is -4.07. The smallest absolute Gasteiger partial charge is 0.155 e. The van der Waals surface area contributed by atoms with Gasteiger partial charge >= 0.3 is 0 Å². The number of hydrogen-bond donors (Lipinski definition) is 1. The fourth-order valence-electron chi connectivity index (χ4n) is 3.29. The average molecular weight is 399 g/mol. The summed E-state index contributed by atoms with van der Waals surface area (Å²) in [5.41, 5.74) is 3.75. The highest BCUT2D eigenvalue weighted by atomic mass is 19.1. The number of aryl methyl sites for hydroxylation is 1. The van der Waals surface area contributed by atoms with Gasteiger partial charge in [-0.25, -0.2) is 23.9 Å². The second kappa shape index (κ2) is 7.40. The van der Waals surface area contributed by atoms with Crippen molar-refractivity contribution in [1.82, 2.24) is 29.1 Å². The van der Waals surface area contributed by atoms with Crippen LogP contribution in [0.2, 0.25) is 0 Å². The molecule has 8 heteroatoms. The summed E-state index contributed by atoms with van der Waals surface area (Å²) in [5, 5.41) is 7.32. The zero-order valence-corrected chi connectivity index (χ0v) is 16.2. The van der Waals surface area contributed by atoms with Crippen LogP contribution < -0.4 is 5.32 Å². The van der Waals surface area contributed by atoms with Gasteiger partial charge < -0.3 is 5.32 Å². The molecule has 5 aromatic rings. The van der Waals surface area contributed by atoms with Crippen LogP contribution in [0.1, 0.15) is 11.5 Å². The first-order valence-electron chi connectivity index (χ1n) is 9.48. The molecule has 1 N–H and O–H groups in total. The van der Waals surface area contributed by atoms with Crippen LogP contribution in [0.5, 0.6) is 0 Å². The van der Waals surface area contributed by atoms with E-state index in [-0.39, 0.29) is 5.82 Å². The molecule has 148 valence electrons. The molecule has 0 aliphatic rings. The summed E-state index contributed by atoms with van der Waals surface area (Å²) < 4.78 is 17.7. The highest BCUT2D eigenvalue weighted by Gasteiger charge is 2.14. The summed E-state index contributed by atoms with van der Waals surface area (Å²) in [5.74, 6) is 1.16. The molecule has 5 rings (SSSR count). The first-order valence-corrected chi connectivity index (χ1v) is 9.48. The van der Waals surface area contributed by atoms with Crippen LogP contribution in [0.25, 0.3) is 22.7 Å². The zero-order valence-electron chi connectivity index (χ0n) is 16.2. The van der Waals surface area contributed by atoms with Crippen molar-refractivity contribution in [1.29, 1.82) is 0 Å². The molecule has 4 heterocycles. The molecule has 0 saturated heterocycles. The third-order valence-corrected chi connectivity index (χ3v) is 4.78. The summed E-state index contributed by atoms with van der Waals surface area (Å²) in [6.07, 6.45) is 5.32. The first-order chi connectivity index (χ1) is 14.7. The highest BCUT2D eigenvalue weighted by Crippen LogP contribution is 2.23. The molecule has 1 aromatic carbocycles. The van der Waals surface area contributed by atoms with Crippen molar-refractivity contribution in [2.45, 2.75) is 13.5 Å². The van der Waals surface area contributed by atoms with E-state index in [2.05, 4.69) is 20.4 Å². The molecule has 7 nitrogen and oxygen atoms in total. The minimum absolute atomic E-state index is 0.304. The van der Waals surface area contributed by atoms with Gasteiger partial charge in [-0.2, -0.15) is 5.10 Å². The number of benzene rings is 1. The minimum Gasteiger partial charge on any atom is -0.375 e. The topological polar surface area (TPSA) is 72.9 Å². The molecule has 30 heavy (non-hydrogen) atoms. The fraction of sp³-hybridized carbons (Fsp3) is 0.0909. The Labute approximate surface area is 171 Å². The van der Waals surface area contributed by atoms with Crippen molar-refractivity contribution in [3.8, 4) is 17.1 Å². The van der Waals surface area contributed by atoms with E-state index in [4.69, 9.17) is 4.98 Å². The number of imidazole rings is 1. The van der Waals surface area contributed by atoms with Crippen LogP contribution in [0.15, 0.2) is 73.3 Å². The lowest BCUT2D eigenvalue weighted by Gasteiger charge is -2.10. The summed E-state index contributed by atoms with van der Waals surface area (Å²) in [7, 11) is 0. The third kappa shape index (κ3) is 3.39. The van der Waals surface area contributed by atoms with Gasteiger partial charge in [-0.15, -0.1) is 0 Å². The number of aromatic nitrogens is 6. The van der Waals surface area contributed by atoms with Crippen molar-refractivity contribution >= 4 is 11.3 Å². The summed E-state index contributed by atoms with van der Waals surface area (Å²) in [6.45, 7) is 2.28. The Bertz CT molecular complexity index is 1340. The van der Waals surface area contributed by atoms with Gasteiger partial charge in [0.15, 0.2) is 5.65 Å². The van der Waals surface area contributed by atoms with Crippen molar-refractivity contribution in [3.63, 3.8) is 0 Å². The summed E-state index contributed by atoms with van der Waals surface area (Å²) in [4.78, 5) is 13.6. The number of rotatable bonds is 5. The standard InChI is InChI=1S/C22H18FN7/c1-15-5-4-8-21(27-15)29-13-19(16-9-10-20-25-14-26-30(20)12-16)28-22(29)11-24-18-7-3-2-6-17(18)23/h2-10,12-14,24H,11H2,1H3. The van der Waals surface area contributed by atoms with E-state index >= 15 is 0 Å². The lowest BCUT2D eigenvalue weighted by molar-refractivity contribution is 0.629. The minimum atomic E-state index is -0.304. The molecular formula is C22H18FN7. The fourth-order valence-corrected chi connectivity index (χ4v) is 3.29. The highest BCUT2D eigenvalue weighted by molar-refractivity contribution is 5.61. The molecular weight excluding hydrogens is 381 g/mol. The second-order valence-corrected chi connectivity index (χ2v) is 6.86. The number of fused-ring (bicyclic) bond motifs is 1. The van der Waals surface area contributed by atoms with E-state index in [1.54, 1.807) is 22.7 Å². The van der Waals surface area contributed by atoms with Crippen LogP contribution in [-0.4, -0.2) is 29.1 Å². The zero-order chi connectivity index (χ0) is 20.5. The molecule has 0 aliphatic heterocycles. The van der Waals surface area contributed by atoms with Gasteiger partial charge in [-0.1, -0.05) is 18.2 Å². The number of hydrogen-bond acceptors (Lipinski definition) is 5. The number of para-hydroxylation sites is 1. The maximum absolute atomic E-state index is 14.0. The Morgan fingerprint density at radius 3 is 2.73 bits per heavy atom. The third-order valence-electron chi connectivity index (χ3n) is 4.78. The predicted molar refractivity (Wildman–Crippen MR) is 112 cm³/mol. The molecule has 0 fully saturated rings. The van der Waals surface area contributed by atoms with Crippen LogP contribution in [0.4, 0.5) is 10.1 Å². The largest absolute Gasteiger partial charge is 0.375 e. The maximum atomic E-state index is 14.0. The van der Waals surface area contributed by atoms with E-state index in [0.29, 0.717) is 18.1 Å². The average Bonchev–Trinajstić information content (AvgIpc) is 3.39. The van der Waals surface area contributed by atoms with Gasteiger partial charge in [0.25, 0.3) is 0 Å². The Balaban J connectivity index is 1.55. The molecule has 0 bridgehead atoms. The van der Waals surface area contributed by atoms with Gasteiger partial charge in [0.05, 0.1) is 17.9 Å². The predicted octanol–water partition coefficient (Wildman–Crippen LogP) is 4.04. The Morgan fingerprint density at radius 1 is 0.967 bits per heavy atom. The van der Waals surface area contributed by atoms with Crippen molar-refractivity contribution < 1.29 is 4.39 Å². The van der Waals surface area contributed by atoms with Gasteiger partial charge in [0.2, 0.25) is 0 Å². The van der Waals surface area contributed by atoms with Gasteiger partial charge in [0, 0.05) is 23.7 Å². The second-order valence-electron chi connectivity index (χ2n) is 6.86. The summed E-state index contributed by atoms with van der Waals surface area (Å²) in [6, 6.07) is 16.2. The van der Waals surface area contributed by atoms with E-state index in [1.165, 1.54) is 12.4 Å². The first kappa shape index (κ1) is 18.0. The Morgan fingerprint density at radius 2 is 1.87 bits per heavy atom. The van der Waals surface area contributed by atoms with Crippen molar-refractivity contribution in [2.75, 3.05) is 5.32 Å². The van der Waals surface area contributed by atoms with Gasteiger partial charge in [-0.05, 0) is 43.3 Å². The molecule has 0 unspecified atom stereocenters. The Kier molecular flexibility index (Phi) is 4.44. The van der Waals surface area contributed by atoms with Gasteiger partial charge in [0.1, 0.15) is 23.8 Å². The van der Waals surface area contributed by atoms with Crippen LogP contribution in [0, 0.1) is 12.7 Å².